The maximum Gasteiger partial charge on any atom is 0.339 e. The molecule has 3 atom stereocenters. The largest absolute Gasteiger partial charge is 0.449 e. The number of rotatable bonds is 2. The molecule has 158 valence electrons. The molecule has 0 amide bonds. The van der Waals surface area contributed by atoms with E-state index < -0.39 is 21.3 Å². The van der Waals surface area contributed by atoms with Gasteiger partial charge in [0.1, 0.15) is 5.78 Å². The van der Waals surface area contributed by atoms with E-state index in [0.29, 0.717) is 12.8 Å². The Labute approximate surface area is 171 Å². The number of esters is 1. The average molecular weight is 422 g/mol. The van der Waals surface area contributed by atoms with E-state index >= 15 is 0 Å². The van der Waals surface area contributed by atoms with Gasteiger partial charge in [-0.05, 0) is 36.8 Å². The summed E-state index contributed by atoms with van der Waals surface area (Å²) in [4.78, 5) is 23.5. The van der Waals surface area contributed by atoms with Crippen molar-refractivity contribution in [1.82, 2.24) is 5.32 Å². The molecule has 1 spiro atoms. The van der Waals surface area contributed by atoms with Crippen molar-refractivity contribution in [3.63, 3.8) is 0 Å². The lowest BCUT2D eigenvalue weighted by molar-refractivity contribution is -0.128. The highest BCUT2D eigenvalue weighted by Gasteiger charge is 2.65. The monoisotopic (exact) mass is 421 g/mol. The minimum absolute atomic E-state index is 0.0152. The second-order valence-corrected chi connectivity index (χ2v) is 10.7. The molecule has 4 aliphatic rings. The van der Waals surface area contributed by atoms with Crippen LogP contribution >= 0.6 is 0 Å². The number of hydrogen-bond acceptors (Lipinski definition) is 6. The van der Waals surface area contributed by atoms with Crippen LogP contribution in [0.4, 0.5) is 0 Å². The lowest BCUT2D eigenvalue weighted by atomic mass is 9.70. The Bertz CT molecular complexity index is 963. The molecule has 29 heavy (non-hydrogen) atoms. The van der Waals surface area contributed by atoms with Gasteiger partial charge in [-0.25, -0.2) is 4.79 Å². The molecule has 2 saturated carbocycles. The SMILES string of the molecule is CC1(C)C2CCC1(CS(=O)(=O)O)C(=O)C2.O=C1O[C@]2(CCNC2)c2ccccc21. The minimum atomic E-state index is -4.08. The molecule has 2 aliphatic heterocycles. The van der Waals surface area contributed by atoms with Crippen molar-refractivity contribution in [2.75, 3.05) is 18.8 Å². The molecule has 2 N–H and O–H groups in total. The average Bonchev–Trinajstić information content (AvgIpc) is 3.32. The number of carbonyl (C=O) groups excluding carboxylic acids is 2. The molecule has 2 aliphatic carbocycles. The molecule has 2 heterocycles. The highest BCUT2D eigenvalue weighted by atomic mass is 32.2. The maximum atomic E-state index is 11.9. The summed E-state index contributed by atoms with van der Waals surface area (Å²) in [6.07, 6.45) is 2.86. The van der Waals surface area contributed by atoms with Crippen LogP contribution in [0.3, 0.4) is 0 Å². The fourth-order valence-electron chi connectivity index (χ4n) is 5.75. The molecule has 2 bridgehead atoms. The summed E-state index contributed by atoms with van der Waals surface area (Å²) < 4.78 is 36.5. The van der Waals surface area contributed by atoms with Crippen molar-refractivity contribution in [1.29, 1.82) is 0 Å². The fraction of sp³-hybridized carbons (Fsp3) is 0.619. The van der Waals surface area contributed by atoms with Crippen molar-refractivity contribution in [3.05, 3.63) is 35.4 Å². The summed E-state index contributed by atoms with van der Waals surface area (Å²) in [5, 5.41) is 3.24. The normalized spacial score (nSPS) is 34.1. The number of carbonyl (C=O) groups is 2. The van der Waals surface area contributed by atoms with Crippen molar-refractivity contribution >= 4 is 21.9 Å². The molecule has 8 heteroatoms. The van der Waals surface area contributed by atoms with Crippen LogP contribution in [0, 0.1) is 16.7 Å². The third-order valence-electron chi connectivity index (χ3n) is 7.61. The van der Waals surface area contributed by atoms with Crippen LogP contribution in [0.25, 0.3) is 0 Å². The number of Topliss-reactive ketones (excluding diaryl/α,β-unsaturated/α-hetero) is 1. The lowest BCUT2D eigenvalue weighted by Gasteiger charge is -2.35. The van der Waals surface area contributed by atoms with Crippen molar-refractivity contribution in [2.24, 2.45) is 16.7 Å². The quantitative estimate of drug-likeness (QED) is 0.557. The van der Waals surface area contributed by atoms with Gasteiger partial charge in [-0.3, -0.25) is 9.35 Å². The van der Waals surface area contributed by atoms with Gasteiger partial charge >= 0.3 is 5.97 Å². The highest BCUT2D eigenvalue weighted by Crippen LogP contribution is 2.64. The summed E-state index contributed by atoms with van der Waals surface area (Å²) in [7, 11) is -4.08. The Morgan fingerprint density at radius 1 is 1.21 bits per heavy atom. The first-order chi connectivity index (χ1) is 13.5. The topological polar surface area (TPSA) is 110 Å². The number of ether oxygens (including phenoxy) is 1. The third-order valence-corrected chi connectivity index (χ3v) is 8.47. The Kier molecular flexibility index (Phi) is 4.68. The summed E-state index contributed by atoms with van der Waals surface area (Å²) in [5.41, 5.74) is 0.296. The summed E-state index contributed by atoms with van der Waals surface area (Å²) >= 11 is 0. The predicted molar refractivity (Wildman–Crippen MR) is 106 cm³/mol. The van der Waals surface area contributed by atoms with E-state index in [1.54, 1.807) is 0 Å². The standard InChI is InChI=1S/C11H11NO2.C10H16O4S/c13-10-8-3-1-2-4-9(8)11(14-10)5-6-12-7-11;1-9(2)7-3-4-10(9,8(11)5-7)6-15(12,13)14/h1-4,12H,5-7H2;7H,3-6H2,1-2H3,(H,12,13,14)/t11-;/m0./s1. The second-order valence-electron chi connectivity index (χ2n) is 9.25. The third kappa shape index (κ3) is 3.12. The number of ketones is 1. The van der Waals surface area contributed by atoms with E-state index in [4.69, 9.17) is 9.29 Å². The number of hydrogen-bond donors (Lipinski definition) is 2. The molecular formula is C21H27NO6S. The molecular weight excluding hydrogens is 394 g/mol. The van der Waals surface area contributed by atoms with Crippen LogP contribution in [0.5, 0.6) is 0 Å². The highest BCUT2D eigenvalue weighted by molar-refractivity contribution is 7.85. The molecule has 0 radical (unpaired) electrons. The Balaban J connectivity index is 0.000000141. The summed E-state index contributed by atoms with van der Waals surface area (Å²) in [6, 6.07) is 7.67. The summed E-state index contributed by atoms with van der Waals surface area (Å²) in [6.45, 7) is 5.55. The van der Waals surface area contributed by atoms with Crippen LogP contribution in [0.1, 0.15) is 55.5 Å². The van der Waals surface area contributed by atoms with E-state index in [2.05, 4.69) is 5.32 Å². The van der Waals surface area contributed by atoms with Crippen LogP contribution in [-0.4, -0.2) is 43.6 Å². The van der Waals surface area contributed by atoms with Crippen LogP contribution in [0.2, 0.25) is 0 Å². The Hall–Kier alpha value is -1.77. The first-order valence-electron chi connectivity index (χ1n) is 10.0. The second kappa shape index (κ2) is 6.62. The number of benzene rings is 1. The van der Waals surface area contributed by atoms with Crippen molar-refractivity contribution < 1.29 is 27.3 Å². The van der Waals surface area contributed by atoms with E-state index in [1.807, 2.05) is 38.1 Å². The van der Waals surface area contributed by atoms with Gasteiger partial charge in [-0.15, -0.1) is 0 Å². The van der Waals surface area contributed by atoms with E-state index in [1.165, 1.54) is 0 Å². The first kappa shape index (κ1) is 20.5. The van der Waals surface area contributed by atoms with Crippen molar-refractivity contribution in [2.45, 2.75) is 45.1 Å². The predicted octanol–water partition coefficient (Wildman–Crippen LogP) is 2.32. The number of fused-ring (bicyclic) bond motifs is 4. The maximum absolute atomic E-state index is 11.9. The van der Waals surface area contributed by atoms with Gasteiger partial charge < -0.3 is 10.1 Å². The Morgan fingerprint density at radius 2 is 1.93 bits per heavy atom. The van der Waals surface area contributed by atoms with E-state index in [-0.39, 0.29) is 28.7 Å². The number of nitrogens with one attached hydrogen (secondary N) is 1. The molecule has 2 unspecified atom stereocenters. The minimum Gasteiger partial charge on any atom is -0.449 e. The molecule has 1 aromatic carbocycles. The zero-order chi connectivity index (χ0) is 21.1. The van der Waals surface area contributed by atoms with Crippen LogP contribution < -0.4 is 5.32 Å². The molecule has 1 aromatic rings. The molecule has 1 saturated heterocycles. The molecule has 7 nitrogen and oxygen atoms in total. The van der Waals surface area contributed by atoms with Gasteiger partial charge in [-0.2, -0.15) is 8.42 Å². The Morgan fingerprint density at radius 3 is 2.48 bits per heavy atom. The van der Waals surface area contributed by atoms with Crippen LogP contribution in [0.15, 0.2) is 24.3 Å². The van der Waals surface area contributed by atoms with Gasteiger partial charge in [0.15, 0.2) is 5.60 Å². The lowest BCUT2D eigenvalue weighted by Crippen LogP contribution is -2.42. The zero-order valence-corrected chi connectivity index (χ0v) is 17.5. The van der Waals surface area contributed by atoms with E-state index in [9.17, 15) is 18.0 Å². The van der Waals surface area contributed by atoms with Gasteiger partial charge in [0.05, 0.1) is 16.7 Å². The molecule has 3 fully saturated rings. The first-order valence-corrected chi connectivity index (χ1v) is 11.6. The van der Waals surface area contributed by atoms with Gasteiger partial charge in [-0.1, -0.05) is 32.0 Å². The molecule has 0 aromatic heterocycles. The summed E-state index contributed by atoms with van der Waals surface area (Å²) in [5.74, 6) is -0.278. The zero-order valence-electron chi connectivity index (χ0n) is 16.7. The van der Waals surface area contributed by atoms with Gasteiger partial charge in [0.25, 0.3) is 10.1 Å². The smallest absolute Gasteiger partial charge is 0.339 e. The van der Waals surface area contributed by atoms with Crippen molar-refractivity contribution in [3.8, 4) is 0 Å². The van der Waals surface area contributed by atoms with E-state index in [0.717, 1.165) is 37.1 Å². The van der Waals surface area contributed by atoms with Gasteiger partial charge in [0, 0.05) is 24.9 Å². The van der Waals surface area contributed by atoms with Gasteiger partial charge in [0.2, 0.25) is 0 Å². The fourth-order valence-corrected chi connectivity index (χ4v) is 7.05. The molecule has 5 rings (SSSR count). The van der Waals surface area contributed by atoms with Crippen LogP contribution in [-0.2, 0) is 25.3 Å².